The van der Waals surface area contributed by atoms with Gasteiger partial charge in [0.25, 0.3) is 0 Å². The van der Waals surface area contributed by atoms with Crippen LogP contribution < -0.4 is 4.74 Å². The molecule has 0 N–H and O–H groups in total. The molecule has 0 spiro atoms. The summed E-state index contributed by atoms with van der Waals surface area (Å²) in [5.41, 5.74) is 0.318. The molecule has 3 heteroatoms. The van der Waals surface area contributed by atoms with E-state index in [9.17, 15) is 8.78 Å². The van der Waals surface area contributed by atoms with E-state index in [1.807, 2.05) is 0 Å². The summed E-state index contributed by atoms with van der Waals surface area (Å²) in [7, 11) is 0. The summed E-state index contributed by atoms with van der Waals surface area (Å²) in [6, 6.07) is 3.11. The van der Waals surface area contributed by atoms with Gasteiger partial charge >= 0.3 is 0 Å². The molecule has 0 heterocycles. The van der Waals surface area contributed by atoms with Gasteiger partial charge in [0.15, 0.2) is 11.6 Å². The Morgan fingerprint density at radius 2 is 1.72 bits per heavy atom. The molecule has 1 saturated carbocycles. The Labute approximate surface area is 152 Å². The van der Waals surface area contributed by atoms with Crippen LogP contribution in [-0.2, 0) is 0 Å². The molecule has 142 valence electrons. The number of benzene rings is 1. The van der Waals surface area contributed by atoms with Gasteiger partial charge in [-0.15, -0.1) is 0 Å². The van der Waals surface area contributed by atoms with Crippen molar-refractivity contribution in [2.24, 2.45) is 17.8 Å². The van der Waals surface area contributed by atoms with E-state index < -0.39 is 11.6 Å². The van der Waals surface area contributed by atoms with Crippen LogP contribution in [0.25, 0.3) is 0 Å². The molecule has 0 bridgehead atoms. The molecule has 1 aromatic carbocycles. The van der Waals surface area contributed by atoms with E-state index in [1.165, 1.54) is 51.0 Å². The van der Waals surface area contributed by atoms with E-state index in [0.717, 1.165) is 24.7 Å². The maximum atomic E-state index is 13.8. The largest absolute Gasteiger partial charge is 0.490 e. The highest BCUT2D eigenvalue weighted by Crippen LogP contribution is 2.33. The monoisotopic (exact) mass is 352 g/mol. The molecular formula is C22H34F2O. The third kappa shape index (κ3) is 6.27. The van der Waals surface area contributed by atoms with Gasteiger partial charge in [-0.05, 0) is 49.1 Å². The Balaban J connectivity index is 1.66. The van der Waals surface area contributed by atoms with Crippen LogP contribution in [0, 0.1) is 36.3 Å². The molecule has 2 rings (SSSR count). The van der Waals surface area contributed by atoms with Gasteiger partial charge < -0.3 is 4.74 Å². The minimum absolute atomic E-state index is 0.0511. The Bertz CT molecular complexity index is 521. The Morgan fingerprint density at radius 1 is 1.04 bits per heavy atom. The van der Waals surface area contributed by atoms with Crippen LogP contribution in [0.5, 0.6) is 5.75 Å². The van der Waals surface area contributed by atoms with Gasteiger partial charge in [-0.2, -0.15) is 4.39 Å². The van der Waals surface area contributed by atoms with Crippen LogP contribution in [0.3, 0.4) is 0 Å². The first-order valence-corrected chi connectivity index (χ1v) is 10.1. The van der Waals surface area contributed by atoms with Crippen molar-refractivity contribution in [3.05, 3.63) is 29.3 Å². The summed E-state index contributed by atoms with van der Waals surface area (Å²) in [5, 5.41) is 0. The summed E-state index contributed by atoms with van der Waals surface area (Å²) < 4.78 is 33.0. The van der Waals surface area contributed by atoms with Crippen molar-refractivity contribution in [2.45, 2.75) is 78.6 Å². The van der Waals surface area contributed by atoms with Crippen LogP contribution in [0.15, 0.2) is 12.1 Å². The molecule has 1 aliphatic rings. The lowest BCUT2D eigenvalue weighted by atomic mass is 9.79. The second-order valence-electron chi connectivity index (χ2n) is 8.03. The van der Waals surface area contributed by atoms with Gasteiger partial charge in [-0.3, -0.25) is 0 Å². The number of rotatable bonds is 9. The number of hydrogen-bond acceptors (Lipinski definition) is 1. The maximum absolute atomic E-state index is 13.8. The van der Waals surface area contributed by atoms with Crippen molar-refractivity contribution in [3.8, 4) is 5.75 Å². The van der Waals surface area contributed by atoms with E-state index in [1.54, 1.807) is 13.0 Å². The summed E-state index contributed by atoms with van der Waals surface area (Å²) in [6.45, 7) is 6.69. The second-order valence-corrected chi connectivity index (χ2v) is 8.03. The van der Waals surface area contributed by atoms with Crippen LogP contribution >= 0.6 is 0 Å². The van der Waals surface area contributed by atoms with Gasteiger partial charge in [0.2, 0.25) is 5.82 Å². The first-order chi connectivity index (χ1) is 12.0. The molecular weight excluding hydrogens is 318 g/mol. The fourth-order valence-corrected chi connectivity index (χ4v) is 4.03. The zero-order valence-electron chi connectivity index (χ0n) is 16.1. The van der Waals surface area contributed by atoms with Crippen molar-refractivity contribution in [3.63, 3.8) is 0 Å². The number of hydrogen-bond donors (Lipinski definition) is 0. The van der Waals surface area contributed by atoms with E-state index in [2.05, 4.69) is 13.8 Å². The van der Waals surface area contributed by atoms with Gasteiger partial charge in [0.1, 0.15) is 0 Å². The lowest BCUT2D eigenvalue weighted by Gasteiger charge is -2.28. The van der Waals surface area contributed by atoms with Crippen molar-refractivity contribution in [1.82, 2.24) is 0 Å². The normalized spacial score (nSPS) is 22.0. The third-order valence-corrected chi connectivity index (χ3v) is 5.77. The van der Waals surface area contributed by atoms with Crippen LogP contribution in [0.1, 0.15) is 77.2 Å². The minimum Gasteiger partial charge on any atom is -0.490 e. The van der Waals surface area contributed by atoms with E-state index in [0.29, 0.717) is 18.1 Å². The van der Waals surface area contributed by atoms with Gasteiger partial charge in [-0.1, -0.05) is 64.9 Å². The average molecular weight is 353 g/mol. The Morgan fingerprint density at radius 3 is 2.40 bits per heavy atom. The first-order valence-electron chi connectivity index (χ1n) is 10.1. The molecule has 0 saturated heterocycles. The predicted molar refractivity (Wildman–Crippen MR) is 100.0 cm³/mol. The molecule has 1 atom stereocenters. The van der Waals surface area contributed by atoms with Crippen LogP contribution in [0.2, 0.25) is 0 Å². The van der Waals surface area contributed by atoms with Crippen molar-refractivity contribution >= 4 is 0 Å². The standard InChI is InChI=1S/C22H34F2O/c1-4-6-16(2)7-5-8-18-10-12-19(13-11-18)15-25-20-14-9-17(3)21(23)22(20)24/h9,14,16,18-19H,4-8,10-13,15H2,1-3H3. The van der Waals surface area contributed by atoms with E-state index >= 15 is 0 Å². The number of ether oxygens (including phenoxy) is 1. The lowest BCUT2D eigenvalue weighted by Crippen LogP contribution is -2.20. The maximum Gasteiger partial charge on any atom is 0.200 e. The number of halogens is 2. The molecule has 1 unspecified atom stereocenters. The molecule has 1 aliphatic carbocycles. The summed E-state index contributed by atoms with van der Waals surface area (Å²) >= 11 is 0. The van der Waals surface area contributed by atoms with Crippen LogP contribution in [-0.4, -0.2) is 6.61 Å². The van der Waals surface area contributed by atoms with Gasteiger partial charge in [-0.25, -0.2) is 4.39 Å². The molecule has 1 fully saturated rings. The molecule has 0 radical (unpaired) electrons. The highest BCUT2D eigenvalue weighted by atomic mass is 19.2. The van der Waals surface area contributed by atoms with Crippen molar-refractivity contribution < 1.29 is 13.5 Å². The molecule has 0 amide bonds. The molecule has 1 nitrogen and oxygen atoms in total. The topological polar surface area (TPSA) is 9.23 Å². The second kappa shape index (κ2) is 10.1. The highest BCUT2D eigenvalue weighted by Gasteiger charge is 2.22. The Kier molecular flexibility index (Phi) is 8.18. The summed E-state index contributed by atoms with van der Waals surface area (Å²) in [6.07, 6.45) is 11.5. The van der Waals surface area contributed by atoms with Crippen molar-refractivity contribution in [1.29, 1.82) is 0 Å². The fraction of sp³-hybridized carbons (Fsp3) is 0.727. The highest BCUT2D eigenvalue weighted by molar-refractivity contribution is 5.30. The first kappa shape index (κ1) is 20.2. The third-order valence-electron chi connectivity index (χ3n) is 5.77. The number of aryl methyl sites for hydroxylation is 1. The smallest absolute Gasteiger partial charge is 0.200 e. The zero-order chi connectivity index (χ0) is 18.2. The molecule has 0 aromatic heterocycles. The minimum atomic E-state index is -0.852. The quantitative estimate of drug-likeness (QED) is 0.462. The van der Waals surface area contributed by atoms with Gasteiger partial charge in [0, 0.05) is 0 Å². The van der Waals surface area contributed by atoms with Crippen LogP contribution in [0.4, 0.5) is 8.78 Å². The predicted octanol–water partition coefficient (Wildman–Crippen LogP) is 7.06. The lowest BCUT2D eigenvalue weighted by molar-refractivity contribution is 0.171. The molecule has 0 aliphatic heterocycles. The summed E-state index contributed by atoms with van der Waals surface area (Å²) in [5.74, 6) is 0.584. The zero-order valence-corrected chi connectivity index (χ0v) is 16.1. The Hall–Kier alpha value is -1.12. The fourth-order valence-electron chi connectivity index (χ4n) is 4.03. The molecule has 25 heavy (non-hydrogen) atoms. The van der Waals surface area contributed by atoms with Crippen molar-refractivity contribution in [2.75, 3.05) is 6.61 Å². The van der Waals surface area contributed by atoms with Gasteiger partial charge in [0.05, 0.1) is 6.61 Å². The summed E-state index contributed by atoms with van der Waals surface area (Å²) in [4.78, 5) is 0. The average Bonchev–Trinajstić information content (AvgIpc) is 2.60. The van der Waals surface area contributed by atoms with E-state index in [-0.39, 0.29) is 5.75 Å². The molecule has 1 aromatic rings. The van der Waals surface area contributed by atoms with E-state index in [4.69, 9.17) is 4.74 Å². The SMILES string of the molecule is CCCC(C)CCCC1CCC(COc2ccc(C)c(F)c2F)CC1.